The number of rotatable bonds is 5. The Balaban J connectivity index is 2.03. The monoisotopic (exact) mass is 292 g/mol. The number of amides is 1. The van der Waals surface area contributed by atoms with Gasteiger partial charge in [-0.1, -0.05) is 6.07 Å². The van der Waals surface area contributed by atoms with Gasteiger partial charge in [-0.2, -0.15) is 0 Å². The van der Waals surface area contributed by atoms with Crippen molar-refractivity contribution >= 4 is 5.91 Å². The van der Waals surface area contributed by atoms with Gasteiger partial charge in [0.25, 0.3) is 0 Å². The van der Waals surface area contributed by atoms with Gasteiger partial charge in [0.05, 0.1) is 12.0 Å². The van der Waals surface area contributed by atoms with Crippen LogP contribution in [0, 0.1) is 5.41 Å². The number of phenolic OH excluding ortho intramolecular Hbond substituents is 1. The number of ether oxygens (including phenoxy) is 1. The van der Waals surface area contributed by atoms with E-state index in [0.29, 0.717) is 12.4 Å². The van der Waals surface area contributed by atoms with E-state index in [0.717, 1.165) is 31.6 Å². The summed E-state index contributed by atoms with van der Waals surface area (Å²) in [6.45, 7) is 6.82. The maximum Gasteiger partial charge on any atom is 0.227 e. The molecule has 2 N–H and O–H groups in total. The molecule has 21 heavy (non-hydrogen) atoms. The number of carbonyl (C=O) groups excluding carboxylic acids is 1. The van der Waals surface area contributed by atoms with Crippen LogP contribution in [0.5, 0.6) is 11.5 Å². The third kappa shape index (κ3) is 3.47. The second-order valence-electron chi connectivity index (χ2n) is 5.84. The first kappa shape index (κ1) is 15.6. The zero-order valence-corrected chi connectivity index (χ0v) is 13.0. The van der Waals surface area contributed by atoms with Crippen molar-refractivity contribution in [2.45, 2.75) is 26.8 Å². The van der Waals surface area contributed by atoms with Crippen molar-refractivity contribution in [2.75, 3.05) is 26.7 Å². The Morgan fingerprint density at radius 1 is 1.52 bits per heavy atom. The van der Waals surface area contributed by atoms with Crippen LogP contribution in [0.25, 0.3) is 0 Å². The number of phenols is 1. The average Bonchev–Trinajstić information content (AvgIpc) is 2.84. The molecule has 1 aromatic rings. The van der Waals surface area contributed by atoms with Gasteiger partial charge in [0.15, 0.2) is 11.5 Å². The summed E-state index contributed by atoms with van der Waals surface area (Å²) in [5.41, 5.74) is 0.770. The predicted molar refractivity (Wildman–Crippen MR) is 81.3 cm³/mol. The number of likely N-dealkylation sites (tertiary alicyclic amines) is 1. The number of hydrogen-bond donors (Lipinski definition) is 2. The van der Waals surface area contributed by atoms with Crippen LogP contribution in [-0.2, 0) is 11.3 Å². The number of nitrogens with zero attached hydrogens (tertiary/aromatic N) is 1. The summed E-state index contributed by atoms with van der Waals surface area (Å²) in [6, 6.07) is 5.43. The van der Waals surface area contributed by atoms with E-state index < -0.39 is 0 Å². The SMILES string of the molecule is CCOc1cc(CN2CCC(C)(C(=O)NC)C2)ccc1O. The fourth-order valence-electron chi connectivity index (χ4n) is 2.86. The smallest absolute Gasteiger partial charge is 0.227 e. The first-order chi connectivity index (χ1) is 9.98. The number of carbonyl (C=O) groups is 1. The normalized spacial score (nSPS) is 22.2. The topological polar surface area (TPSA) is 61.8 Å². The number of hydrogen-bond acceptors (Lipinski definition) is 4. The van der Waals surface area contributed by atoms with Crippen LogP contribution in [0.15, 0.2) is 18.2 Å². The molecule has 0 radical (unpaired) electrons. The van der Waals surface area contributed by atoms with Gasteiger partial charge >= 0.3 is 0 Å². The molecule has 1 unspecified atom stereocenters. The Kier molecular flexibility index (Phi) is 4.73. The number of benzene rings is 1. The highest BCUT2D eigenvalue weighted by Gasteiger charge is 2.39. The molecule has 1 fully saturated rings. The van der Waals surface area contributed by atoms with Gasteiger partial charge in [-0.15, -0.1) is 0 Å². The van der Waals surface area contributed by atoms with Crippen molar-refractivity contribution in [1.29, 1.82) is 0 Å². The minimum atomic E-state index is -0.311. The predicted octanol–water partition coefficient (Wildman–Crippen LogP) is 1.75. The molecule has 5 nitrogen and oxygen atoms in total. The maximum atomic E-state index is 11.9. The molecule has 1 saturated heterocycles. The lowest BCUT2D eigenvalue weighted by Crippen LogP contribution is -2.39. The second kappa shape index (κ2) is 6.35. The third-order valence-electron chi connectivity index (χ3n) is 4.06. The van der Waals surface area contributed by atoms with E-state index in [1.165, 1.54) is 0 Å². The molecule has 0 aromatic heterocycles. The van der Waals surface area contributed by atoms with Crippen molar-refractivity contribution in [3.05, 3.63) is 23.8 Å². The van der Waals surface area contributed by atoms with Crippen LogP contribution in [-0.4, -0.2) is 42.7 Å². The Morgan fingerprint density at radius 3 is 2.95 bits per heavy atom. The molecule has 1 aliphatic rings. The molecule has 2 rings (SSSR count). The molecule has 1 aromatic carbocycles. The maximum absolute atomic E-state index is 11.9. The van der Waals surface area contributed by atoms with Crippen LogP contribution in [0.3, 0.4) is 0 Å². The third-order valence-corrected chi connectivity index (χ3v) is 4.06. The largest absolute Gasteiger partial charge is 0.504 e. The molecule has 0 aliphatic carbocycles. The van der Waals surface area contributed by atoms with E-state index in [1.807, 2.05) is 26.0 Å². The highest BCUT2D eigenvalue weighted by Crippen LogP contribution is 2.32. The minimum Gasteiger partial charge on any atom is -0.504 e. The first-order valence-electron chi connectivity index (χ1n) is 7.38. The molecule has 1 heterocycles. The quantitative estimate of drug-likeness (QED) is 0.868. The standard InChI is InChI=1S/C16H24N2O3/c1-4-21-14-9-12(5-6-13(14)19)10-18-8-7-16(2,11-18)15(20)17-3/h5-6,9,19H,4,7-8,10-11H2,1-3H3,(H,17,20). The van der Waals surface area contributed by atoms with Crippen molar-refractivity contribution in [3.63, 3.8) is 0 Å². The number of nitrogens with one attached hydrogen (secondary N) is 1. The van der Waals surface area contributed by atoms with Crippen molar-refractivity contribution in [2.24, 2.45) is 5.41 Å². The van der Waals surface area contributed by atoms with E-state index in [2.05, 4.69) is 10.2 Å². The fraction of sp³-hybridized carbons (Fsp3) is 0.562. The molecule has 0 bridgehead atoms. The molecular weight excluding hydrogens is 268 g/mol. The number of aromatic hydroxyl groups is 1. The Morgan fingerprint density at radius 2 is 2.29 bits per heavy atom. The van der Waals surface area contributed by atoms with Crippen LogP contribution < -0.4 is 10.1 Å². The van der Waals surface area contributed by atoms with Crippen LogP contribution in [0.2, 0.25) is 0 Å². The highest BCUT2D eigenvalue weighted by atomic mass is 16.5. The fourth-order valence-corrected chi connectivity index (χ4v) is 2.86. The van der Waals surface area contributed by atoms with Gasteiger partial charge in [-0.3, -0.25) is 9.69 Å². The molecular formula is C16H24N2O3. The van der Waals surface area contributed by atoms with Crippen molar-refractivity contribution in [1.82, 2.24) is 10.2 Å². The van der Waals surface area contributed by atoms with Gasteiger partial charge < -0.3 is 15.2 Å². The summed E-state index contributed by atoms with van der Waals surface area (Å²) >= 11 is 0. The molecule has 5 heteroatoms. The van der Waals surface area contributed by atoms with Crippen molar-refractivity contribution < 1.29 is 14.6 Å². The van der Waals surface area contributed by atoms with E-state index in [1.54, 1.807) is 13.1 Å². The molecule has 1 amide bonds. The summed E-state index contributed by atoms with van der Waals surface area (Å²) in [5, 5.41) is 12.5. The summed E-state index contributed by atoms with van der Waals surface area (Å²) in [6.07, 6.45) is 0.864. The van der Waals surface area contributed by atoms with E-state index in [4.69, 9.17) is 4.74 Å². The molecule has 0 saturated carbocycles. The summed E-state index contributed by atoms with van der Waals surface area (Å²) < 4.78 is 5.41. The van der Waals surface area contributed by atoms with Crippen molar-refractivity contribution in [3.8, 4) is 11.5 Å². The summed E-state index contributed by atoms with van der Waals surface area (Å²) in [4.78, 5) is 14.2. The zero-order valence-electron chi connectivity index (χ0n) is 13.0. The second-order valence-corrected chi connectivity index (χ2v) is 5.84. The van der Waals surface area contributed by atoms with E-state index in [9.17, 15) is 9.90 Å². The molecule has 1 aliphatic heterocycles. The highest BCUT2D eigenvalue weighted by molar-refractivity contribution is 5.82. The van der Waals surface area contributed by atoms with Crippen LogP contribution in [0.4, 0.5) is 0 Å². The zero-order chi connectivity index (χ0) is 15.5. The minimum absolute atomic E-state index is 0.103. The summed E-state index contributed by atoms with van der Waals surface area (Å²) in [7, 11) is 1.69. The molecule has 116 valence electrons. The Hall–Kier alpha value is -1.75. The average molecular weight is 292 g/mol. The van der Waals surface area contributed by atoms with Crippen LogP contribution in [0.1, 0.15) is 25.8 Å². The first-order valence-corrected chi connectivity index (χ1v) is 7.38. The van der Waals surface area contributed by atoms with Crippen LogP contribution >= 0.6 is 0 Å². The van der Waals surface area contributed by atoms with Gasteiger partial charge in [0.1, 0.15) is 0 Å². The van der Waals surface area contributed by atoms with Gasteiger partial charge in [-0.25, -0.2) is 0 Å². The Labute approximate surface area is 125 Å². The van der Waals surface area contributed by atoms with Gasteiger partial charge in [-0.05, 0) is 44.5 Å². The van der Waals surface area contributed by atoms with E-state index in [-0.39, 0.29) is 17.1 Å². The lowest BCUT2D eigenvalue weighted by atomic mass is 9.89. The van der Waals surface area contributed by atoms with Gasteiger partial charge in [0.2, 0.25) is 5.91 Å². The van der Waals surface area contributed by atoms with E-state index >= 15 is 0 Å². The Bertz CT molecular complexity index is 518. The summed E-state index contributed by atoms with van der Waals surface area (Å²) in [5.74, 6) is 0.784. The molecule has 1 atom stereocenters. The molecule has 0 spiro atoms. The lowest BCUT2D eigenvalue weighted by molar-refractivity contribution is -0.129. The lowest BCUT2D eigenvalue weighted by Gasteiger charge is -2.23. The van der Waals surface area contributed by atoms with Gasteiger partial charge in [0, 0.05) is 20.1 Å².